The summed E-state index contributed by atoms with van der Waals surface area (Å²) < 4.78 is 0. The molecule has 1 aromatic rings. The highest BCUT2D eigenvalue weighted by atomic mass is 35.5. The standard InChI is InChI=1S/C14H12ClN3O2S/c15-9-3-1-8(2-4-9)10-5-13(20)18-14(11(10)6-16)21-7-12(17)19/h1-4,10H,5,7H2,(H2,17,19)(H,18,20)/t10-/m0/s1. The molecule has 0 aliphatic carbocycles. The number of nitriles is 1. The summed E-state index contributed by atoms with van der Waals surface area (Å²) in [5.74, 6) is -1.03. The molecular formula is C14H12ClN3O2S. The van der Waals surface area contributed by atoms with Crippen LogP contribution in [0.25, 0.3) is 0 Å². The molecule has 1 aliphatic heterocycles. The number of hydrogen-bond donors (Lipinski definition) is 2. The Kier molecular flexibility index (Phi) is 4.89. The number of thioether (sulfide) groups is 1. The van der Waals surface area contributed by atoms with Crippen molar-refractivity contribution in [2.24, 2.45) is 5.73 Å². The van der Waals surface area contributed by atoms with Crippen molar-refractivity contribution >= 4 is 35.2 Å². The molecule has 3 N–H and O–H groups in total. The minimum absolute atomic E-state index is 0.00807. The van der Waals surface area contributed by atoms with Crippen LogP contribution >= 0.6 is 23.4 Å². The van der Waals surface area contributed by atoms with E-state index in [0.717, 1.165) is 17.3 Å². The summed E-state index contributed by atoms with van der Waals surface area (Å²) in [7, 11) is 0. The van der Waals surface area contributed by atoms with Crippen LogP contribution in [0.5, 0.6) is 0 Å². The fraction of sp³-hybridized carbons (Fsp3) is 0.214. The molecule has 21 heavy (non-hydrogen) atoms. The number of carbonyl (C=O) groups is 2. The first kappa shape index (κ1) is 15.4. The van der Waals surface area contributed by atoms with Crippen LogP contribution in [0.2, 0.25) is 5.02 Å². The van der Waals surface area contributed by atoms with Crippen LogP contribution in [0, 0.1) is 11.3 Å². The molecule has 1 atom stereocenters. The van der Waals surface area contributed by atoms with Gasteiger partial charge in [-0.2, -0.15) is 5.26 Å². The van der Waals surface area contributed by atoms with Gasteiger partial charge >= 0.3 is 0 Å². The van der Waals surface area contributed by atoms with Gasteiger partial charge in [0, 0.05) is 17.4 Å². The lowest BCUT2D eigenvalue weighted by Crippen LogP contribution is -2.31. The third-order valence-electron chi connectivity index (χ3n) is 2.99. The molecule has 7 heteroatoms. The van der Waals surface area contributed by atoms with E-state index in [1.807, 2.05) is 0 Å². The van der Waals surface area contributed by atoms with E-state index in [4.69, 9.17) is 17.3 Å². The lowest BCUT2D eigenvalue weighted by molar-refractivity contribution is -0.121. The van der Waals surface area contributed by atoms with Gasteiger partial charge in [-0.25, -0.2) is 0 Å². The summed E-state index contributed by atoms with van der Waals surface area (Å²) in [4.78, 5) is 22.7. The minimum atomic E-state index is -0.507. The zero-order chi connectivity index (χ0) is 15.4. The van der Waals surface area contributed by atoms with Gasteiger partial charge in [-0.3, -0.25) is 9.59 Å². The van der Waals surface area contributed by atoms with Gasteiger partial charge in [-0.15, -0.1) is 0 Å². The van der Waals surface area contributed by atoms with Crippen LogP contribution in [0.1, 0.15) is 17.9 Å². The van der Waals surface area contributed by atoms with E-state index in [1.165, 1.54) is 0 Å². The van der Waals surface area contributed by atoms with Crippen LogP contribution in [0.4, 0.5) is 0 Å². The quantitative estimate of drug-likeness (QED) is 0.885. The van der Waals surface area contributed by atoms with E-state index in [1.54, 1.807) is 24.3 Å². The molecule has 0 aromatic heterocycles. The first-order chi connectivity index (χ1) is 10.0. The average molecular weight is 322 g/mol. The van der Waals surface area contributed by atoms with E-state index >= 15 is 0 Å². The maximum atomic E-state index is 11.8. The summed E-state index contributed by atoms with van der Waals surface area (Å²) in [6.07, 6.45) is 0.186. The number of carbonyl (C=O) groups excluding carboxylic acids is 2. The Balaban J connectivity index is 2.36. The molecule has 1 heterocycles. The average Bonchev–Trinajstić information content (AvgIpc) is 2.45. The molecule has 0 saturated heterocycles. The molecule has 108 valence electrons. The molecular weight excluding hydrogens is 310 g/mol. The highest BCUT2D eigenvalue weighted by Gasteiger charge is 2.29. The third-order valence-corrected chi connectivity index (χ3v) is 4.28. The SMILES string of the molecule is N#CC1=C(SCC(N)=O)NC(=O)C[C@H]1c1ccc(Cl)cc1. The van der Waals surface area contributed by atoms with Crippen molar-refractivity contribution in [1.82, 2.24) is 5.32 Å². The van der Waals surface area contributed by atoms with Crippen LogP contribution in [0.15, 0.2) is 34.9 Å². The summed E-state index contributed by atoms with van der Waals surface area (Å²) >= 11 is 6.92. The van der Waals surface area contributed by atoms with E-state index in [-0.39, 0.29) is 24.0 Å². The molecule has 0 spiro atoms. The van der Waals surface area contributed by atoms with Gasteiger partial charge in [-0.05, 0) is 17.7 Å². The minimum Gasteiger partial charge on any atom is -0.369 e. The first-order valence-corrected chi connectivity index (χ1v) is 7.48. The first-order valence-electron chi connectivity index (χ1n) is 6.12. The van der Waals surface area contributed by atoms with Gasteiger partial charge in [0.2, 0.25) is 11.8 Å². The highest BCUT2D eigenvalue weighted by molar-refractivity contribution is 8.03. The molecule has 0 bridgehead atoms. The molecule has 0 fully saturated rings. The van der Waals surface area contributed by atoms with E-state index < -0.39 is 5.91 Å². The maximum Gasteiger partial charge on any atom is 0.227 e. The van der Waals surface area contributed by atoms with Gasteiger partial charge < -0.3 is 11.1 Å². The summed E-state index contributed by atoms with van der Waals surface area (Å²) in [5, 5.41) is 13.0. The topological polar surface area (TPSA) is 96.0 Å². The van der Waals surface area contributed by atoms with Crippen molar-refractivity contribution in [3.8, 4) is 6.07 Å². The monoisotopic (exact) mass is 321 g/mol. The van der Waals surface area contributed by atoms with Crippen molar-refractivity contribution in [1.29, 1.82) is 5.26 Å². The Morgan fingerprint density at radius 1 is 1.48 bits per heavy atom. The summed E-state index contributed by atoms with van der Waals surface area (Å²) in [5.41, 5.74) is 6.37. The molecule has 0 saturated carbocycles. The smallest absolute Gasteiger partial charge is 0.227 e. The Morgan fingerprint density at radius 3 is 2.71 bits per heavy atom. The lowest BCUT2D eigenvalue weighted by atomic mass is 9.87. The third kappa shape index (κ3) is 3.78. The van der Waals surface area contributed by atoms with E-state index in [0.29, 0.717) is 15.6 Å². The lowest BCUT2D eigenvalue weighted by Gasteiger charge is -2.24. The van der Waals surface area contributed by atoms with Crippen molar-refractivity contribution in [2.75, 3.05) is 5.75 Å². The normalized spacial score (nSPS) is 18.1. The van der Waals surface area contributed by atoms with Crippen molar-refractivity contribution < 1.29 is 9.59 Å². The molecule has 2 amide bonds. The number of amides is 2. The molecule has 2 rings (SSSR count). The van der Waals surface area contributed by atoms with Crippen LogP contribution in [0.3, 0.4) is 0 Å². The zero-order valence-electron chi connectivity index (χ0n) is 10.9. The van der Waals surface area contributed by atoms with Gasteiger partial charge in [-0.1, -0.05) is 35.5 Å². The molecule has 0 radical (unpaired) electrons. The fourth-order valence-electron chi connectivity index (χ4n) is 2.06. The van der Waals surface area contributed by atoms with Gasteiger partial charge in [0.25, 0.3) is 0 Å². The van der Waals surface area contributed by atoms with Crippen molar-refractivity contribution in [3.05, 3.63) is 45.5 Å². The van der Waals surface area contributed by atoms with Gasteiger partial charge in [0.15, 0.2) is 0 Å². The molecule has 5 nitrogen and oxygen atoms in total. The number of hydrogen-bond acceptors (Lipinski definition) is 4. The van der Waals surface area contributed by atoms with E-state index in [2.05, 4.69) is 11.4 Å². The van der Waals surface area contributed by atoms with E-state index in [9.17, 15) is 14.9 Å². The predicted octanol–water partition coefficient (Wildman–Crippen LogP) is 1.90. The second-order valence-electron chi connectivity index (χ2n) is 4.47. The molecule has 1 aromatic carbocycles. The number of primary amides is 1. The Hall–Kier alpha value is -1.97. The number of nitrogens with zero attached hydrogens (tertiary/aromatic N) is 1. The van der Waals surface area contributed by atoms with Crippen LogP contribution in [-0.2, 0) is 9.59 Å². The number of rotatable bonds is 4. The second kappa shape index (κ2) is 6.66. The predicted molar refractivity (Wildman–Crippen MR) is 81.2 cm³/mol. The molecule has 0 unspecified atom stereocenters. The number of allylic oxidation sites excluding steroid dienone is 1. The maximum absolute atomic E-state index is 11.8. The second-order valence-corrected chi connectivity index (χ2v) is 5.89. The summed E-state index contributed by atoms with van der Waals surface area (Å²) in [6.45, 7) is 0. The van der Waals surface area contributed by atoms with Crippen molar-refractivity contribution in [3.63, 3.8) is 0 Å². The number of benzene rings is 1. The largest absolute Gasteiger partial charge is 0.369 e. The highest BCUT2D eigenvalue weighted by Crippen LogP contribution is 2.36. The van der Waals surface area contributed by atoms with Crippen LogP contribution < -0.4 is 11.1 Å². The van der Waals surface area contributed by atoms with Gasteiger partial charge in [0.1, 0.15) is 0 Å². The van der Waals surface area contributed by atoms with Crippen molar-refractivity contribution in [2.45, 2.75) is 12.3 Å². The van der Waals surface area contributed by atoms with Crippen LogP contribution in [-0.4, -0.2) is 17.6 Å². The number of nitrogens with two attached hydrogens (primary N) is 1. The number of halogens is 1. The Morgan fingerprint density at radius 2 is 2.14 bits per heavy atom. The fourth-order valence-corrected chi connectivity index (χ4v) is 3.00. The zero-order valence-corrected chi connectivity index (χ0v) is 12.5. The Bertz CT molecular complexity index is 649. The van der Waals surface area contributed by atoms with Gasteiger partial charge in [0.05, 0.1) is 22.4 Å². The molecule has 1 aliphatic rings. The Labute approximate surface area is 131 Å². The number of nitrogens with one attached hydrogen (secondary N) is 1. The summed E-state index contributed by atoms with van der Waals surface area (Å²) in [6, 6.07) is 9.14.